The number of rotatable bonds is 7. The first-order valence-corrected chi connectivity index (χ1v) is 12.6. The second kappa shape index (κ2) is 9.28. The minimum atomic E-state index is -4.73. The van der Waals surface area contributed by atoms with Gasteiger partial charge in [0, 0.05) is 36.2 Å². The van der Waals surface area contributed by atoms with E-state index in [0.717, 1.165) is 31.9 Å². The summed E-state index contributed by atoms with van der Waals surface area (Å²) in [7, 11) is 0. The Labute approximate surface area is 223 Å². The van der Waals surface area contributed by atoms with Gasteiger partial charge in [-0.2, -0.15) is 36.3 Å². The third-order valence-corrected chi connectivity index (χ3v) is 6.73. The van der Waals surface area contributed by atoms with Gasteiger partial charge in [0.25, 0.3) is 0 Å². The number of aromatic nitrogens is 4. The van der Waals surface area contributed by atoms with E-state index in [2.05, 4.69) is 35.9 Å². The fourth-order valence-corrected chi connectivity index (χ4v) is 4.58. The summed E-state index contributed by atoms with van der Waals surface area (Å²) < 4.78 is 82.7. The van der Waals surface area contributed by atoms with Crippen molar-refractivity contribution in [3.8, 4) is 0 Å². The molecule has 8 nitrogen and oxygen atoms in total. The smallest absolute Gasteiger partial charge is 0.367 e. The highest BCUT2D eigenvalue weighted by Crippen LogP contribution is 2.46. The topological polar surface area (TPSA) is 90.9 Å². The molecule has 3 aliphatic rings. The number of hydrogen-bond acceptors (Lipinski definition) is 8. The minimum Gasteiger partial charge on any atom is -0.367 e. The lowest BCUT2D eigenvalue weighted by molar-refractivity contribution is -0.138. The number of fused-ring (bicyclic) bond motifs is 1. The number of hydrogen-bond donors (Lipinski definition) is 3. The zero-order chi connectivity index (χ0) is 27.5. The molecule has 3 aromatic rings. The summed E-state index contributed by atoms with van der Waals surface area (Å²) >= 11 is 6.03. The van der Waals surface area contributed by atoms with Crippen LogP contribution in [-0.2, 0) is 18.8 Å². The number of anilines is 6. The number of nitrogens with zero attached hydrogens (tertiary/aromatic N) is 5. The van der Waals surface area contributed by atoms with Gasteiger partial charge >= 0.3 is 12.4 Å². The van der Waals surface area contributed by atoms with Gasteiger partial charge in [-0.15, -0.1) is 0 Å². The van der Waals surface area contributed by atoms with Crippen molar-refractivity contribution < 1.29 is 26.3 Å². The first kappa shape index (κ1) is 25.7. The van der Waals surface area contributed by atoms with E-state index >= 15 is 0 Å². The Balaban J connectivity index is 1.29. The molecule has 6 rings (SSSR count). The van der Waals surface area contributed by atoms with Crippen molar-refractivity contribution >= 4 is 46.4 Å². The van der Waals surface area contributed by atoms with Crippen LogP contribution in [0.2, 0.25) is 5.28 Å². The van der Waals surface area contributed by atoms with Crippen molar-refractivity contribution in [1.82, 2.24) is 19.9 Å². The summed E-state index contributed by atoms with van der Waals surface area (Å²) in [6.07, 6.45) is -5.20. The van der Waals surface area contributed by atoms with E-state index in [1.54, 1.807) is 18.2 Å². The van der Waals surface area contributed by atoms with Gasteiger partial charge in [0.2, 0.25) is 11.2 Å². The maximum atomic E-state index is 14.2. The average Bonchev–Trinajstić information content (AvgIpc) is 3.77. The number of alkyl halides is 6. The van der Waals surface area contributed by atoms with E-state index in [1.807, 2.05) is 0 Å². The molecule has 0 unspecified atom stereocenters. The van der Waals surface area contributed by atoms with Gasteiger partial charge in [-0.25, -0.2) is 9.97 Å². The zero-order valence-corrected chi connectivity index (χ0v) is 20.8. The van der Waals surface area contributed by atoms with E-state index in [-0.39, 0.29) is 47.3 Å². The van der Waals surface area contributed by atoms with E-state index in [4.69, 9.17) is 11.6 Å². The van der Waals surface area contributed by atoms with E-state index in [0.29, 0.717) is 23.4 Å². The highest BCUT2D eigenvalue weighted by Gasteiger charge is 2.43. The molecule has 2 saturated carbocycles. The fourth-order valence-electron chi connectivity index (χ4n) is 4.41. The van der Waals surface area contributed by atoms with Crippen LogP contribution in [0.15, 0.2) is 24.4 Å². The van der Waals surface area contributed by atoms with Crippen molar-refractivity contribution in [2.24, 2.45) is 0 Å². The second-order valence-electron chi connectivity index (χ2n) is 9.70. The molecule has 0 spiro atoms. The molecule has 1 aromatic carbocycles. The average molecular weight is 571 g/mol. The van der Waals surface area contributed by atoms with Crippen LogP contribution in [0, 0.1) is 0 Å². The van der Waals surface area contributed by atoms with Gasteiger partial charge in [-0.05, 0) is 67.5 Å². The van der Waals surface area contributed by atoms with Gasteiger partial charge in [-0.1, -0.05) is 0 Å². The molecule has 0 saturated heterocycles. The maximum absolute atomic E-state index is 14.2. The molecule has 3 heterocycles. The lowest BCUT2D eigenvalue weighted by Gasteiger charge is -2.24. The molecule has 2 fully saturated rings. The number of benzene rings is 1. The second-order valence-corrected chi connectivity index (χ2v) is 10.0. The monoisotopic (exact) mass is 570 g/mol. The van der Waals surface area contributed by atoms with Gasteiger partial charge in [0.05, 0.1) is 0 Å². The van der Waals surface area contributed by atoms with Gasteiger partial charge < -0.3 is 20.9 Å². The van der Waals surface area contributed by atoms with Crippen LogP contribution in [0.25, 0.3) is 0 Å². The van der Waals surface area contributed by atoms with Crippen LogP contribution in [0.1, 0.15) is 42.4 Å². The van der Waals surface area contributed by atoms with E-state index in [1.165, 1.54) is 4.90 Å². The predicted octanol–water partition coefficient (Wildman–Crippen LogP) is 6.54. The van der Waals surface area contributed by atoms with Gasteiger partial charge in [0.1, 0.15) is 22.8 Å². The molecule has 2 aliphatic carbocycles. The SMILES string of the molecule is FC(F)(F)c1cnc(Nc2ccc3c(c2)CCN3c2nc(Cl)nc(NC3CC3)c2C(F)(F)F)nc1NC1CC1. The Hall–Kier alpha value is -3.55. The molecule has 206 valence electrons. The predicted molar refractivity (Wildman–Crippen MR) is 133 cm³/mol. The molecule has 0 bridgehead atoms. The van der Waals surface area contributed by atoms with Crippen molar-refractivity contribution in [2.45, 2.75) is 56.5 Å². The van der Waals surface area contributed by atoms with Crippen LogP contribution < -0.4 is 20.9 Å². The lowest BCUT2D eigenvalue weighted by Crippen LogP contribution is -2.23. The van der Waals surface area contributed by atoms with Crippen LogP contribution in [0.3, 0.4) is 0 Å². The summed E-state index contributed by atoms with van der Waals surface area (Å²) in [6.45, 7) is 0.213. The molecule has 0 atom stereocenters. The fraction of sp³-hybridized carbons (Fsp3) is 0.417. The summed E-state index contributed by atoms with van der Waals surface area (Å²) in [5.41, 5.74) is -0.252. The normalized spacial score (nSPS) is 17.3. The Morgan fingerprint density at radius 3 is 2.21 bits per heavy atom. The van der Waals surface area contributed by atoms with Crippen LogP contribution in [-0.4, -0.2) is 38.6 Å². The minimum absolute atomic E-state index is 0.0429. The lowest BCUT2D eigenvalue weighted by atomic mass is 10.1. The van der Waals surface area contributed by atoms with Crippen LogP contribution in [0.5, 0.6) is 0 Å². The summed E-state index contributed by atoms with van der Waals surface area (Å²) in [6, 6.07) is 4.76. The van der Waals surface area contributed by atoms with Crippen molar-refractivity contribution in [2.75, 3.05) is 27.4 Å². The van der Waals surface area contributed by atoms with Crippen molar-refractivity contribution in [3.05, 3.63) is 46.4 Å². The standard InChI is InChI=1S/C24H21ClF6N8/c25-21-36-19(34-13-3-4-13)17(24(29,30)31)20(38-21)39-8-7-11-9-14(5-6-16(11)39)35-22-32-10-15(23(26,27)28)18(37-22)33-12-1-2-12/h5-6,9-10,12-13H,1-4,7-8H2,(H,34,36,38)(H2,32,33,35,37). The van der Waals surface area contributed by atoms with Crippen LogP contribution >= 0.6 is 11.6 Å². The van der Waals surface area contributed by atoms with Gasteiger partial charge in [0.15, 0.2) is 5.82 Å². The zero-order valence-electron chi connectivity index (χ0n) is 20.1. The Morgan fingerprint density at radius 1 is 0.872 bits per heavy atom. The maximum Gasteiger partial charge on any atom is 0.423 e. The molecule has 1 aliphatic heterocycles. The van der Waals surface area contributed by atoms with Crippen molar-refractivity contribution in [1.29, 1.82) is 0 Å². The number of nitrogens with one attached hydrogen (secondary N) is 3. The molecule has 3 N–H and O–H groups in total. The highest BCUT2D eigenvalue weighted by molar-refractivity contribution is 6.28. The molecular formula is C24H21ClF6N8. The first-order chi connectivity index (χ1) is 18.5. The first-order valence-electron chi connectivity index (χ1n) is 12.3. The third-order valence-electron chi connectivity index (χ3n) is 6.56. The molecule has 0 amide bonds. The van der Waals surface area contributed by atoms with E-state index in [9.17, 15) is 26.3 Å². The van der Waals surface area contributed by atoms with Gasteiger partial charge in [-0.3, -0.25) is 0 Å². The van der Waals surface area contributed by atoms with E-state index < -0.39 is 23.5 Å². The molecule has 2 aromatic heterocycles. The number of halogens is 7. The molecule has 15 heteroatoms. The Morgan fingerprint density at radius 2 is 1.56 bits per heavy atom. The van der Waals surface area contributed by atoms with Crippen LogP contribution in [0.4, 0.5) is 61.1 Å². The summed E-state index contributed by atoms with van der Waals surface area (Å²) in [4.78, 5) is 17.1. The highest BCUT2D eigenvalue weighted by atomic mass is 35.5. The largest absolute Gasteiger partial charge is 0.423 e. The quantitative estimate of drug-likeness (QED) is 0.218. The third kappa shape index (κ3) is 5.47. The molecular weight excluding hydrogens is 550 g/mol. The Bertz CT molecular complexity index is 1420. The molecule has 0 radical (unpaired) electrons. The molecule has 39 heavy (non-hydrogen) atoms. The van der Waals surface area contributed by atoms with Crippen molar-refractivity contribution in [3.63, 3.8) is 0 Å². The summed E-state index contributed by atoms with van der Waals surface area (Å²) in [5.74, 6) is -1.03. The summed E-state index contributed by atoms with van der Waals surface area (Å²) in [5, 5.41) is 8.19. The Kier molecular flexibility index (Phi) is 6.12.